The zero-order chi connectivity index (χ0) is 17.8. The van der Waals surface area contributed by atoms with E-state index in [9.17, 15) is 14.0 Å². The molecule has 1 aliphatic heterocycles. The maximum atomic E-state index is 13.6. The van der Waals surface area contributed by atoms with Gasteiger partial charge in [0.15, 0.2) is 0 Å². The topological polar surface area (TPSA) is 46.6 Å². The van der Waals surface area contributed by atoms with E-state index in [1.165, 1.54) is 19.2 Å². The lowest BCUT2D eigenvalue weighted by molar-refractivity contribution is 0.0600. The van der Waals surface area contributed by atoms with Crippen LogP contribution in [0.5, 0.6) is 0 Å². The highest BCUT2D eigenvalue weighted by molar-refractivity contribution is 5.98. The van der Waals surface area contributed by atoms with Gasteiger partial charge >= 0.3 is 5.97 Å². The molecule has 2 aromatic rings. The number of rotatable bonds is 3. The van der Waals surface area contributed by atoms with E-state index in [1.807, 2.05) is 6.07 Å². The van der Waals surface area contributed by atoms with E-state index in [1.54, 1.807) is 35.2 Å². The Bertz CT molecular complexity index is 790. The number of carbonyl (C=O) groups excluding carboxylic acids is 2. The van der Waals surface area contributed by atoms with Crippen LogP contribution in [-0.4, -0.2) is 30.4 Å². The summed E-state index contributed by atoms with van der Waals surface area (Å²) in [5.74, 6) is -0.933. The molecular weight excluding hydrogens is 321 g/mol. The Hall–Kier alpha value is -2.69. The quantitative estimate of drug-likeness (QED) is 0.793. The zero-order valence-electron chi connectivity index (χ0n) is 14.1. The highest BCUT2D eigenvalue weighted by atomic mass is 19.1. The number of ether oxygens (including phenoxy) is 1. The number of hydrogen-bond acceptors (Lipinski definition) is 3. The number of benzene rings is 2. The van der Waals surface area contributed by atoms with Gasteiger partial charge in [0.2, 0.25) is 0 Å². The van der Waals surface area contributed by atoms with Crippen LogP contribution in [0.15, 0.2) is 48.5 Å². The summed E-state index contributed by atoms with van der Waals surface area (Å²) >= 11 is 0. The molecule has 3 rings (SSSR count). The SMILES string of the molecule is COC(=O)c1cccc(C(=O)N2CCCC[C@@H]2c2cccc(F)c2)c1. The molecule has 4 nitrogen and oxygen atoms in total. The Balaban J connectivity index is 1.90. The molecular formula is C20H20FNO3. The fraction of sp³-hybridized carbons (Fsp3) is 0.300. The van der Waals surface area contributed by atoms with Gasteiger partial charge in [-0.2, -0.15) is 0 Å². The molecule has 0 aliphatic carbocycles. The Labute approximate surface area is 146 Å². The number of nitrogens with zero attached hydrogens (tertiary/aromatic N) is 1. The maximum Gasteiger partial charge on any atom is 0.337 e. The van der Waals surface area contributed by atoms with Crippen molar-refractivity contribution in [3.8, 4) is 0 Å². The lowest BCUT2D eigenvalue weighted by Gasteiger charge is -2.36. The predicted molar refractivity (Wildman–Crippen MR) is 91.8 cm³/mol. The Morgan fingerprint density at radius 3 is 2.60 bits per heavy atom. The summed E-state index contributed by atoms with van der Waals surface area (Å²) in [5, 5.41) is 0. The molecule has 0 spiro atoms. The summed E-state index contributed by atoms with van der Waals surface area (Å²) in [6, 6.07) is 12.8. The van der Waals surface area contributed by atoms with Gasteiger partial charge in [0.05, 0.1) is 18.7 Å². The molecule has 1 heterocycles. The molecule has 0 aromatic heterocycles. The molecule has 1 saturated heterocycles. The molecule has 5 heteroatoms. The second-order valence-corrected chi connectivity index (χ2v) is 6.14. The normalized spacial score (nSPS) is 17.2. The average Bonchev–Trinajstić information content (AvgIpc) is 2.67. The lowest BCUT2D eigenvalue weighted by atomic mass is 9.94. The molecule has 0 bridgehead atoms. The molecule has 1 aliphatic rings. The number of likely N-dealkylation sites (tertiary alicyclic amines) is 1. The summed E-state index contributed by atoms with van der Waals surface area (Å²) in [5.41, 5.74) is 1.58. The molecule has 0 unspecified atom stereocenters. The predicted octanol–water partition coefficient (Wildman–Crippen LogP) is 3.98. The summed E-state index contributed by atoms with van der Waals surface area (Å²) < 4.78 is 18.3. The van der Waals surface area contributed by atoms with Crippen molar-refractivity contribution < 1.29 is 18.7 Å². The minimum Gasteiger partial charge on any atom is -0.465 e. The van der Waals surface area contributed by atoms with Crippen LogP contribution in [0.4, 0.5) is 4.39 Å². The van der Waals surface area contributed by atoms with Crippen LogP contribution in [0.2, 0.25) is 0 Å². The second-order valence-electron chi connectivity index (χ2n) is 6.14. The molecule has 0 saturated carbocycles. The molecule has 130 valence electrons. The van der Waals surface area contributed by atoms with Gasteiger partial charge in [-0.25, -0.2) is 9.18 Å². The molecule has 1 atom stereocenters. The minimum atomic E-state index is -0.477. The van der Waals surface area contributed by atoms with Crippen LogP contribution < -0.4 is 0 Å². The van der Waals surface area contributed by atoms with Crippen molar-refractivity contribution in [2.24, 2.45) is 0 Å². The van der Waals surface area contributed by atoms with Gasteiger partial charge in [-0.1, -0.05) is 18.2 Å². The van der Waals surface area contributed by atoms with Crippen LogP contribution in [0.1, 0.15) is 51.6 Å². The summed E-state index contributed by atoms with van der Waals surface area (Å²) in [7, 11) is 1.31. The number of halogens is 1. The van der Waals surface area contributed by atoms with Gasteiger partial charge in [0.1, 0.15) is 5.82 Å². The molecule has 0 radical (unpaired) electrons. The van der Waals surface area contributed by atoms with Crippen molar-refractivity contribution in [1.82, 2.24) is 4.90 Å². The lowest BCUT2D eigenvalue weighted by Crippen LogP contribution is -2.38. The largest absolute Gasteiger partial charge is 0.465 e. The number of methoxy groups -OCH3 is 1. The third-order valence-electron chi connectivity index (χ3n) is 4.53. The first kappa shape index (κ1) is 17.1. The monoisotopic (exact) mass is 341 g/mol. The van der Waals surface area contributed by atoms with Crippen LogP contribution in [0.25, 0.3) is 0 Å². The van der Waals surface area contributed by atoms with Crippen LogP contribution in [0.3, 0.4) is 0 Å². The Morgan fingerprint density at radius 1 is 1.08 bits per heavy atom. The molecule has 25 heavy (non-hydrogen) atoms. The van der Waals surface area contributed by atoms with E-state index in [0.29, 0.717) is 17.7 Å². The second kappa shape index (κ2) is 7.47. The van der Waals surface area contributed by atoms with Crippen molar-refractivity contribution in [2.75, 3.05) is 13.7 Å². The molecule has 2 aromatic carbocycles. The zero-order valence-corrected chi connectivity index (χ0v) is 14.1. The van der Waals surface area contributed by atoms with Crippen molar-refractivity contribution in [3.05, 3.63) is 71.0 Å². The van der Waals surface area contributed by atoms with E-state index in [0.717, 1.165) is 24.8 Å². The van der Waals surface area contributed by atoms with Crippen molar-refractivity contribution in [2.45, 2.75) is 25.3 Å². The van der Waals surface area contributed by atoms with Gasteiger partial charge in [-0.3, -0.25) is 4.79 Å². The van der Waals surface area contributed by atoms with E-state index < -0.39 is 5.97 Å². The van der Waals surface area contributed by atoms with Crippen LogP contribution >= 0.6 is 0 Å². The van der Waals surface area contributed by atoms with Gasteiger partial charge in [0.25, 0.3) is 5.91 Å². The smallest absolute Gasteiger partial charge is 0.337 e. The van der Waals surface area contributed by atoms with Gasteiger partial charge < -0.3 is 9.64 Å². The first-order valence-electron chi connectivity index (χ1n) is 8.35. The Kier molecular flexibility index (Phi) is 5.12. The summed E-state index contributed by atoms with van der Waals surface area (Å²) in [4.78, 5) is 26.5. The van der Waals surface area contributed by atoms with Gasteiger partial charge in [0, 0.05) is 12.1 Å². The third-order valence-corrected chi connectivity index (χ3v) is 4.53. The number of esters is 1. The number of piperidine rings is 1. The number of hydrogen-bond donors (Lipinski definition) is 0. The first-order chi connectivity index (χ1) is 12.1. The van der Waals surface area contributed by atoms with Crippen molar-refractivity contribution >= 4 is 11.9 Å². The highest BCUT2D eigenvalue weighted by Crippen LogP contribution is 2.32. The summed E-state index contributed by atoms with van der Waals surface area (Å²) in [6.45, 7) is 0.614. The number of amides is 1. The van der Waals surface area contributed by atoms with E-state index >= 15 is 0 Å². The summed E-state index contributed by atoms with van der Waals surface area (Å²) in [6.07, 6.45) is 2.70. The fourth-order valence-electron chi connectivity index (χ4n) is 3.30. The van der Waals surface area contributed by atoms with Crippen molar-refractivity contribution in [3.63, 3.8) is 0 Å². The molecule has 1 fully saturated rings. The number of carbonyl (C=O) groups is 2. The standard InChI is InChI=1S/C20H20FNO3/c1-25-20(24)16-8-4-7-15(12-16)19(23)22-11-3-2-10-18(22)14-6-5-9-17(21)13-14/h4-9,12-13,18H,2-3,10-11H2,1H3/t18-/m1/s1. The van der Waals surface area contributed by atoms with Gasteiger partial charge in [-0.15, -0.1) is 0 Å². The van der Waals surface area contributed by atoms with Crippen LogP contribution in [-0.2, 0) is 4.74 Å². The van der Waals surface area contributed by atoms with E-state index in [-0.39, 0.29) is 17.8 Å². The van der Waals surface area contributed by atoms with E-state index in [4.69, 9.17) is 4.74 Å². The van der Waals surface area contributed by atoms with Crippen LogP contribution in [0, 0.1) is 5.82 Å². The third kappa shape index (κ3) is 3.71. The minimum absolute atomic E-state index is 0.153. The highest BCUT2D eigenvalue weighted by Gasteiger charge is 2.29. The first-order valence-corrected chi connectivity index (χ1v) is 8.35. The molecule has 0 N–H and O–H groups in total. The average molecular weight is 341 g/mol. The fourth-order valence-corrected chi connectivity index (χ4v) is 3.30. The van der Waals surface area contributed by atoms with E-state index in [2.05, 4.69) is 0 Å². The van der Waals surface area contributed by atoms with Crippen molar-refractivity contribution in [1.29, 1.82) is 0 Å². The maximum absolute atomic E-state index is 13.6. The van der Waals surface area contributed by atoms with Gasteiger partial charge in [-0.05, 0) is 55.2 Å². The Morgan fingerprint density at radius 2 is 1.84 bits per heavy atom. The molecule has 1 amide bonds.